The number of likely N-dealkylation sites (N-methyl/N-ethyl adjacent to an activating group) is 1. The van der Waals surface area contributed by atoms with Gasteiger partial charge in [-0.1, -0.05) is 11.6 Å². The fraction of sp³-hybridized carbons (Fsp3) is 0.0588. The van der Waals surface area contributed by atoms with Crippen LogP contribution in [0.1, 0.15) is 5.56 Å². The van der Waals surface area contributed by atoms with Gasteiger partial charge in [0.15, 0.2) is 5.70 Å². The maximum Gasteiger partial charge on any atom is 0.276 e. The third kappa shape index (κ3) is 3.87. The number of carbonyl (C=O) groups excluding carboxylic acids is 1. The van der Waals surface area contributed by atoms with Crippen molar-refractivity contribution in [2.75, 3.05) is 12.4 Å². The lowest BCUT2D eigenvalue weighted by Crippen LogP contribution is -2.35. The number of anilines is 1. The molecule has 1 aliphatic rings. The average Bonchev–Trinajstić information content (AvgIpc) is 2.61. The largest absolute Gasteiger partial charge is 0.566 e. The zero-order valence-electron chi connectivity index (χ0n) is 13.4. The Morgan fingerprint density at radius 3 is 2.58 bits per heavy atom. The summed E-state index contributed by atoms with van der Waals surface area (Å²) in [7, 11) is 1.45. The number of benzene rings is 2. The fourth-order valence-electron chi connectivity index (χ4n) is 2.21. The van der Waals surface area contributed by atoms with E-state index in [1.54, 1.807) is 0 Å². The summed E-state index contributed by atoms with van der Waals surface area (Å²) >= 11 is 3.88. The molecule has 0 aromatic heterocycles. The van der Waals surface area contributed by atoms with E-state index in [2.05, 4.69) is 9.71 Å². The quantitative estimate of drug-likeness (QED) is 0.809. The van der Waals surface area contributed by atoms with Crippen LogP contribution in [0.5, 0.6) is 0 Å². The van der Waals surface area contributed by atoms with Crippen LogP contribution in [0.25, 0.3) is 0 Å². The molecule has 1 amide bonds. The standard InChI is InChI=1S/C17H12ClF2N3O2S/c1-23-16(17(24)21-12-6-7-14(20)13(18)8-12)9-15(22-26(23)25)10-2-4-11(19)5-3-10/h2-9H,1H3,(H,21,24). The number of halogens is 3. The van der Waals surface area contributed by atoms with Crippen molar-refractivity contribution in [2.45, 2.75) is 0 Å². The number of hydrogen-bond donors (Lipinski definition) is 1. The Labute approximate surface area is 156 Å². The molecular weight excluding hydrogens is 384 g/mol. The van der Waals surface area contributed by atoms with Crippen molar-refractivity contribution in [3.05, 3.63) is 76.5 Å². The van der Waals surface area contributed by atoms with E-state index in [4.69, 9.17) is 11.6 Å². The zero-order chi connectivity index (χ0) is 18.8. The van der Waals surface area contributed by atoms with Gasteiger partial charge in [-0.05, 0) is 46.9 Å². The molecule has 0 spiro atoms. The van der Waals surface area contributed by atoms with Crippen LogP contribution in [0.4, 0.5) is 14.5 Å². The van der Waals surface area contributed by atoms with Crippen LogP contribution in [0.3, 0.4) is 0 Å². The molecule has 1 N–H and O–H groups in total. The van der Waals surface area contributed by atoms with Gasteiger partial charge in [-0.25, -0.2) is 8.78 Å². The molecular formula is C17H12ClF2N3O2S. The van der Waals surface area contributed by atoms with Crippen molar-refractivity contribution in [3.63, 3.8) is 0 Å². The van der Waals surface area contributed by atoms with Crippen molar-refractivity contribution >= 4 is 40.5 Å². The van der Waals surface area contributed by atoms with Gasteiger partial charge in [0, 0.05) is 17.3 Å². The number of rotatable bonds is 3. The van der Waals surface area contributed by atoms with Gasteiger partial charge in [0.05, 0.1) is 12.1 Å². The molecule has 1 atom stereocenters. The maximum absolute atomic E-state index is 13.2. The minimum absolute atomic E-state index is 0.0816. The Morgan fingerprint density at radius 2 is 1.92 bits per heavy atom. The van der Waals surface area contributed by atoms with Crippen molar-refractivity contribution in [1.29, 1.82) is 0 Å². The lowest BCUT2D eigenvalue weighted by atomic mass is 10.1. The van der Waals surface area contributed by atoms with Crippen LogP contribution in [0.15, 0.2) is 58.6 Å². The van der Waals surface area contributed by atoms with E-state index in [1.165, 1.54) is 53.8 Å². The highest BCUT2D eigenvalue weighted by atomic mass is 35.5. The third-order valence-electron chi connectivity index (χ3n) is 3.57. The van der Waals surface area contributed by atoms with E-state index in [9.17, 15) is 18.1 Å². The lowest BCUT2D eigenvalue weighted by Gasteiger charge is -2.23. The number of nitrogens with zero attached hydrogens (tertiary/aromatic N) is 2. The van der Waals surface area contributed by atoms with Gasteiger partial charge in [0.25, 0.3) is 5.91 Å². The Balaban J connectivity index is 1.88. The van der Waals surface area contributed by atoms with E-state index >= 15 is 0 Å². The molecule has 0 saturated heterocycles. The molecule has 2 aromatic carbocycles. The van der Waals surface area contributed by atoms with Gasteiger partial charge in [-0.2, -0.15) is 4.31 Å². The molecule has 1 aliphatic heterocycles. The van der Waals surface area contributed by atoms with Crippen molar-refractivity contribution in [1.82, 2.24) is 4.31 Å². The molecule has 0 fully saturated rings. The molecule has 0 bridgehead atoms. The molecule has 134 valence electrons. The van der Waals surface area contributed by atoms with E-state index in [0.717, 1.165) is 6.07 Å². The Hall–Kier alpha value is -2.42. The molecule has 1 unspecified atom stereocenters. The van der Waals surface area contributed by atoms with Gasteiger partial charge in [0.1, 0.15) is 17.3 Å². The lowest BCUT2D eigenvalue weighted by molar-refractivity contribution is -0.113. The smallest absolute Gasteiger partial charge is 0.276 e. The maximum atomic E-state index is 13.2. The minimum atomic E-state index is -1.83. The van der Waals surface area contributed by atoms with Crippen LogP contribution in [-0.4, -0.2) is 27.5 Å². The highest BCUT2D eigenvalue weighted by Crippen LogP contribution is 2.23. The van der Waals surface area contributed by atoms with E-state index in [-0.39, 0.29) is 22.1 Å². The first-order chi connectivity index (χ1) is 12.3. The molecule has 9 heteroatoms. The predicted octanol–water partition coefficient (Wildman–Crippen LogP) is 3.45. The molecule has 0 aliphatic carbocycles. The highest BCUT2D eigenvalue weighted by Gasteiger charge is 2.30. The number of nitrogens with one attached hydrogen (secondary N) is 1. The normalized spacial score (nSPS) is 16.8. The van der Waals surface area contributed by atoms with Crippen LogP contribution in [-0.2, 0) is 16.3 Å². The van der Waals surface area contributed by atoms with E-state index < -0.39 is 29.1 Å². The molecule has 1 heterocycles. The SMILES string of the molecule is CN1C(C(=O)Nc2ccc(F)c(Cl)c2)=CC(c2ccc(F)cc2)=N[S+]1[O-]. The highest BCUT2D eigenvalue weighted by molar-refractivity contribution is 7.88. The summed E-state index contributed by atoms with van der Waals surface area (Å²) in [5.41, 5.74) is 1.16. The van der Waals surface area contributed by atoms with Gasteiger partial charge < -0.3 is 9.87 Å². The van der Waals surface area contributed by atoms with Crippen LogP contribution in [0.2, 0.25) is 5.02 Å². The van der Waals surface area contributed by atoms with Gasteiger partial charge >= 0.3 is 0 Å². The second kappa shape index (κ2) is 7.45. The van der Waals surface area contributed by atoms with Crippen LogP contribution in [0, 0.1) is 11.6 Å². The summed E-state index contributed by atoms with van der Waals surface area (Å²) in [4.78, 5) is 12.5. The molecule has 5 nitrogen and oxygen atoms in total. The summed E-state index contributed by atoms with van der Waals surface area (Å²) in [5.74, 6) is -1.60. The molecule has 26 heavy (non-hydrogen) atoms. The fourth-order valence-corrected chi connectivity index (χ4v) is 3.14. The predicted molar refractivity (Wildman–Crippen MR) is 97.0 cm³/mol. The summed E-state index contributed by atoms with van der Waals surface area (Å²) in [6.07, 6.45) is 1.44. The first kappa shape index (κ1) is 18.4. The minimum Gasteiger partial charge on any atom is -0.566 e. The van der Waals surface area contributed by atoms with Crippen molar-refractivity contribution in [3.8, 4) is 0 Å². The number of amides is 1. The molecule has 0 radical (unpaired) electrons. The number of allylic oxidation sites excluding steroid dienone is 1. The number of carbonyl (C=O) groups is 1. The van der Waals surface area contributed by atoms with Crippen molar-refractivity contribution in [2.24, 2.45) is 4.40 Å². The summed E-state index contributed by atoms with van der Waals surface area (Å²) in [6.45, 7) is 0. The molecule has 2 aromatic rings. The van der Waals surface area contributed by atoms with E-state index in [0.29, 0.717) is 5.56 Å². The second-order valence-corrected chi connectivity index (χ2v) is 6.92. The monoisotopic (exact) mass is 395 g/mol. The molecule has 3 rings (SSSR count). The van der Waals surface area contributed by atoms with E-state index in [1.807, 2.05) is 0 Å². The Kier molecular flexibility index (Phi) is 5.26. The number of hydrogen-bond acceptors (Lipinski definition) is 4. The summed E-state index contributed by atoms with van der Waals surface area (Å²) in [5, 5.41) is 2.43. The summed E-state index contributed by atoms with van der Waals surface area (Å²) in [6, 6.07) is 9.18. The van der Waals surface area contributed by atoms with Gasteiger partial charge in [-0.3, -0.25) is 4.79 Å². The molecule has 0 saturated carbocycles. The van der Waals surface area contributed by atoms with Crippen molar-refractivity contribution < 1.29 is 18.1 Å². The van der Waals surface area contributed by atoms with Gasteiger partial charge in [-0.15, -0.1) is 0 Å². The third-order valence-corrected chi connectivity index (χ3v) is 4.88. The summed E-state index contributed by atoms with van der Waals surface area (Å²) < 4.78 is 43.7. The van der Waals surface area contributed by atoms with Gasteiger partial charge in [0.2, 0.25) is 11.5 Å². The second-order valence-electron chi connectivity index (χ2n) is 5.32. The first-order valence-electron chi connectivity index (χ1n) is 7.33. The zero-order valence-corrected chi connectivity index (χ0v) is 14.9. The average molecular weight is 396 g/mol. The van der Waals surface area contributed by atoms with Crippen LogP contribution < -0.4 is 5.32 Å². The first-order valence-corrected chi connectivity index (χ1v) is 8.78. The Morgan fingerprint density at radius 1 is 1.23 bits per heavy atom. The van der Waals surface area contributed by atoms with Crippen LogP contribution >= 0.6 is 11.6 Å². The Bertz CT molecular complexity index is 919. The topological polar surface area (TPSA) is 67.8 Å².